The number of aromatic nitrogens is 2. The molecular weight excluding hydrogens is 405 g/mol. The lowest BCUT2D eigenvalue weighted by Crippen LogP contribution is -2.20. The highest BCUT2D eigenvalue weighted by Gasteiger charge is 2.16. The van der Waals surface area contributed by atoms with Gasteiger partial charge in [-0.25, -0.2) is 17.6 Å². The summed E-state index contributed by atoms with van der Waals surface area (Å²) in [5.41, 5.74) is 0.510. The van der Waals surface area contributed by atoms with Crippen molar-refractivity contribution in [3.63, 3.8) is 0 Å². The molecule has 1 aromatic heterocycles. The molecule has 1 N–H and O–H groups in total. The molecule has 0 aliphatic rings. The quantitative estimate of drug-likeness (QED) is 0.455. The number of nitrogens with zero attached hydrogens (tertiary/aromatic N) is 2. The predicted octanol–water partition coefficient (Wildman–Crippen LogP) is 5.16. The van der Waals surface area contributed by atoms with Crippen molar-refractivity contribution in [3.8, 4) is 0 Å². The Hall–Kier alpha value is -3.23. The average molecular weight is 423 g/mol. The number of nitrogens with one attached hydrogen (secondary N) is 1. The Balaban J connectivity index is 2.07. The standard InChI is InChI=1S/C21H18F5N3O/c1-10(2)14-6-13(22)7-18(11(14)3)27-21-28-20(30)17(25)9-29(21)8-12-4-15(23)19(26)16(24)5-12/h4-7,9-10H,8H2,1-3H3,(H,27,28,30). The number of anilines is 2. The molecule has 0 saturated heterocycles. The van der Waals surface area contributed by atoms with E-state index in [0.29, 0.717) is 11.3 Å². The van der Waals surface area contributed by atoms with Crippen molar-refractivity contribution in [1.29, 1.82) is 0 Å². The zero-order valence-corrected chi connectivity index (χ0v) is 16.4. The predicted molar refractivity (Wildman–Crippen MR) is 102 cm³/mol. The van der Waals surface area contributed by atoms with E-state index in [2.05, 4.69) is 10.3 Å². The van der Waals surface area contributed by atoms with E-state index in [1.165, 1.54) is 12.1 Å². The molecule has 158 valence electrons. The van der Waals surface area contributed by atoms with Crippen molar-refractivity contribution < 1.29 is 22.0 Å². The van der Waals surface area contributed by atoms with Gasteiger partial charge >= 0.3 is 5.56 Å². The second-order valence-electron chi connectivity index (χ2n) is 7.17. The van der Waals surface area contributed by atoms with E-state index < -0.39 is 34.6 Å². The highest BCUT2D eigenvalue weighted by atomic mass is 19.2. The van der Waals surface area contributed by atoms with Gasteiger partial charge in [-0.1, -0.05) is 13.8 Å². The summed E-state index contributed by atoms with van der Waals surface area (Å²) in [7, 11) is 0. The van der Waals surface area contributed by atoms with E-state index in [9.17, 15) is 26.7 Å². The molecule has 30 heavy (non-hydrogen) atoms. The second kappa shape index (κ2) is 8.25. The van der Waals surface area contributed by atoms with Crippen molar-refractivity contribution in [2.75, 3.05) is 5.32 Å². The van der Waals surface area contributed by atoms with Gasteiger partial charge in [-0.05, 0) is 53.8 Å². The molecule has 0 atom stereocenters. The molecular formula is C21H18F5N3O. The van der Waals surface area contributed by atoms with Crippen molar-refractivity contribution in [2.24, 2.45) is 0 Å². The van der Waals surface area contributed by atoms with Gasteiger partial charge in [-0.15, -0.1) is 0 Å². The minimum Gasteiger partial charge on any atom is -0.325 e. The lowest BCUT2D eigenvalue weighted by Gasteiger charge is -2.18. The first-order valence-corrected chi connectivity index (χ1v) is 9.04. The molecule has 2 aromatic carbocycles. The molecule has 0 fully saturated rings. The summed E-state index contributed by atoms with van der Waals surface area (Å²) < 4.78 is 69.3. The first-order chi connectivity index (χ1) is 14.1. The first-order valence-electron chi connectivity index (χ1n) is 9.04. The summed E-state index contributed by atoms with van der Waals surface area (Å²) in [4.78, 5) is 15.3. The topological polar surface area (TPSA) is 46.9 Å². The van der Waals surface area contributed by atoms with Gasteiger partial charge in [0, 0.05) is 11.9 Å². The second-order valence-corrected chi connectivity index (χ2v) is 7.17. The van der Waals surface area contributed by atoms with Gasteiger partial charge in [0.05, 0.1) is 6.54 Å². The normalized spacial score (nSPS) is 11.2. The van der Waals surface area contributed by atoms with E-state index in [-0.39, 0.29) is 24.0 Å². The third-order valence-electron chi connectivity index (χ3n) is 4.63. The van der Waals surface area contributed by atoms with Crippen molar-refractivity contribution in [2.45, 2.75) is 33.2 Å². The van der Waals surface area contributed by atoms with Crippen molar-refractivity contribution in [1.82, 2.24) is 9.55 Å². The largest absolute Gasteiger partial charge is 0.325 e. The number of rotatable bonds is 5. The minimum atomic E-state index is -1.63. The summed E-state index contributed by atoms with van der Waals surface area (Å²) in [5, 5.41) is 2.79. The molecule has 0 bridgehead atoms. The first kappa shape index (κ1) is 21.5. The maximum atomic E-state index is 14.1. The zero-order valence-electron chi connectivity index (χ0n) is 16.4. The Morgan fingerprint density at radius 1 is 1.00 bits per heavy atom. The lowest BCUT2D eigenvalue weighted by molar-refractivity contribution is 0.444. The number of hydrogen-bond acceptors (Lipinski definition) is 3. The highest BCUT2D eigenvalue weighted by molar-refractivity contribution is 5.61. The van der Waals surface area contributed by atoms with Crippen LogP contribution in [-0.2, 0) is 6.54 Å². The van der Waals surface area contributed by atoms with E-state index in [4.69, 9.17) is 0 Å². The SMILES string of the molecule is Cc1c(Nc2nc(=O)c(F)cn2Cc2cc(F)c(F)c(F)c2)cc(F)cc1C(C)C. The fourth-order valence-electron chi connectivity index (χ4n) is 3.13. The van der Waals surface area contributed by atoms with Crippen LogP contribution < -0.4 is 10.9 Å². The van der Waals surface area contributed by atoms with Gasteiger partial charge in [0.1, 0.15) is 5.82 Å². The summed E-state index contributed by atoms with van der Waals surface area (Å²) in [6.45, 7) is 5.18. The van der Waals surface area contributed by atoms with Crippen LogP contribution in [0.2, 0.25) is 0 Å². The Morgan fingerprint density at radius 2 is 1.63 bits per heavy atom. The molecule has 0 aliphatic heterocycles. The fourth-order valence-corrected chi connectivity index (χ4v) is 3.13. The van der Waals surface area contributed by atoms with E-state index in [1.807, 2.05) is 13.8 Å². The van der Waals surface area contributed by atoms with Crippen LogP contribution in [-0.4, -0.2) is 9.55 Å². The number of benzene rings is 2. The minimum absolute atomic E-state index is 0.00906. The molecule has 0 unspecified atom stereocenters. The summed E-state index contributed by atoms with van der Waals surface area (Å²) in [6.07, 6.45) is 0.800. The van der Waals surface area contributed by atoms with Crippen LogP contribution in [0.15, 0.2) is 35.3 Å². The molecule has 0 spiro atoms. The van der Waals surface area contributed by atoms with Crippen LogP contribution in [0.5, 0.6) is 0 Å². The van der Waals surface area contributed by atoms with Crippen LogP contribution in [0.1, 0.15) is 36.5 Å². The van der Waals surface area contributed by atoms with E-state index in [0.717, 1.165) is 28.5 Å². The molecule has 0 radical (unpaired) electrons. The smallest absolute Gasteiger partial charge is 0.310 e. The molecule has 0 aliphatic carbocycles. The van der Waals surface area contributed by atoms with Gasteiger partial charge in [0.2, 0.25) is 11.8 Å². The summed E-state index contributed by atoms with van der Waals surface area (Å²) >= 11 is 0. The van der Waals surface area contributed by atoms with Gasteiger partial charge in [-0.2, -0.15) is 9.37 Å². The number of halogens is 5. The molecule has 3 aromatic rings. The van der Waals surface area contributed by atoms with Crippen LogP contribution >= 0.6 is 0 Å². The number of hydrogen-bond donors (Lipinski definition) is 1. The Kier molecular flexibility index (Phi) is 5.91. The van der Waals surface area contributed by atoms with Crippen LogP contribution in [0.25, 0.3) is 0 Å². The van der Waals surface area contributed by atoms with Crippen molar-refractivity contribution >= 4 is 11.6 Å². The molecule has 3 rings (SSSR count). The van der Waals surface area contributed by atoms with Gasteiger partial charge in [0.15, 0.2) is 17.5 Å². The molecule has 0 amide bonds. The van der Waals surface area contributed by atoms with Gasteiger partial charge in [-0.3, -0.25) is 4.79 Å². The average Bonchev–Trinajstić information content (AvgIpc) is 2.66. The van der Waals surface area contributed by atoms with Gasteiger partial charge in [0.25, 0.3) is 0 Å². The molecule has 0 saturated carbocycles. The van der Waals surface area contributed by atoms with E-state index >= 15 is 0 Å². The Bertz CT molecular complexity index is 1150. The van der Waals surface area contributed by atoms with Crippen LogP contribution in [0.3, 0.4) is 0 Å². The maximum absolute atomic E-state index is 14.1. The fraction of sp³-hybridized carbons (Fsp3) is 0.238. The lowest BCUT2D eigenvalue weighted by atomic mass is 9.96. The monoisotopic (exact) mass is 423 g/mol. The Morgan fingerprint density at radius 3 is 2.23 bits per heavy atom. The summed E-state index contributed by atoms with van der Waals surface area (Å²) in [6, 6.07) is 4.09. The molecule has 4 nitrogen and oxygen atoms in total. The van der Waals surface area contributed by atoms with Crippen LogP contribution in [0, 0.1) is 36.0 Å². The van der Waals surface area contributed by atoms with Crippen molar-refractivity contribution in [3.05, 3.63) is 86.6 Å². The third-order valence-corrected chi connectivity index (χ3v) is 4.63. The van der Waals surface area contributed by atoms with Crippen LogP contribution in [0.4, 0.5) is 33.6 Å². The zero-order chi connectivity index (χ0) is 22.2. The van der Waals surface area contributed by atoms with Gasteiger partial charge < -0.3 is 9.88 Å². The molecule has 9 heteroatoms. The van der Waals surface area contributed by atoms with E-state index in [1.54, 1.807) is 6.92 Å². The Labute approximate surface area is 169 Å². The summed E-state index contributed by atoms with van der Waals surface area (Å²) in [5.74, 6) is -6.32. The molecule has 1 heterocycles. The third kappa shape index (κ3) is 4.34. The highest BCUT2D eigenvalue weighted by Crippen LogP contribution is 2.29. The maximum Gasteiger partial charge on any atom is 0.310 e.